The number of methoxy groups -OCH3 is 1. The second kappa shape index (κ2) is 7.67. The number of hydrogen-bond donors (Lipinski definition) is 1. The van der Waals surface area contributed by atoms with Gasteiger partial charge < -0.3 is 19.9 Å². The molecular weight excluding hydrogens is 256 g/mol. The Morgan fingerprint density at radius 2 is 1.95 bits per heavy atom. The highest BCUT2D eigenvalue weighted by Gasteiger charge is 2.04. The van der Waals surface area contributed by atoms with E-state index in [4.69, 9.17) is 19.9 Å². The van der Waals surface area contributed by atoms with Gasteiger partial charge in [0.25, 0.3) is 0 Å². The summed E-state index contributed by atoms with van der Waals surface area (Å²) >= 11 is 0. The van der Waals surface area contributed by atoms with Crippen molar-refractivity contribution in [1.82, 2.24) is 4.98 Å². The van der Waals surface area contributed by atoms with Crippen LogP contribution in [0.15, 0.2) is 30.6 Å². The van der Waals surface area contributed by atoms with Gasteiger partial charge in [-0.05, 0) is 24.6 Å². The Balaban J connectivity index is 1.86. The van der Waals surface area contributed by atoms with E-state index in [9.17, 15) is 0 Å². The lowest BCUT2D eigenvalue weighted by Crippen LogP contribution is -2.08. The first-order chi connectivity index (χ1) is 9.83. The molecule has 0 saturated carbocycles. The molecule has 0 aliphatic heterocycles. The van der Waals surface area contributed by atoms with Gasteiger partial charge in [-0.25, -0.2) is 0 Å². The van der Waals surface area contributed by atoms with Crippen molar-refractivity contribution in [3.8, 4) is 5.75 Å². The summed E-state index contributed by atoms with van der Waals surface area (Å²) in [5, 5.41) is 1.88. The zero-order valence-corrected chi connectivity index (χ0v) is 11.7. The van der Waals surface area contributed by atoms with Gasteiger partial charge in [-0.1, -0.05) is 0 Å². The maximum Gasteiger partial charge on any atom is 0.127 e. The van der Waals surface area contributed by atoms with Gasteiger partial charge in [0.05, 0.1) is 6.61 Å². The Kier molecular flexibility index (Phi) is 5.58. The maximum atomic E-state index is 5.92. The summed E-state index contributed by atoms with van der Waals surface area (Å²) in [5.74, 6) is 0.803. The van der Waals surface area contributed by atoms with Crippen molar-refractivity contribution in [2.75, 3.05) is 39.3 Å². The second-order valence-corrected chi connectivity index (χ2v) is 4.38. The van der Waals surface area contributed by atoms with Crippen molar-refractivity contribution >= 4 is 16.5 Å². The van der Waals surface area contributed by atoms with Gasteiger partial charge >= 0.3 is 0 Å². The first kappa shape index (κ1) is 14.6. The lowest BCUT2D eigenvalue weighted by Gasteiger charge is -2.10. The Bertz CT molecular complexity index is 546. The average Bonchev–Trinajstić information content (AvgIpc) is 2.49. The third-order valence-corrected chi connectivity index (χ3v) is 2.93. The molecule has 108 valence electrons. The summed E-state index contributed by atoms with van der Waals surface area (Å²) in [6.07, 6.45) is 4.38. The van der Waals surface area contributed by atoms with Gasteiger partial charge in [0.1, 0.15) is 12.4 Å². The van der Waals surface area contributed by atoms with Gasteiger partial charge in [-0.2, -0.15) is 0 Å². The summed E-state index contributed by atoms with van der Waals surface area (Å²) in [4.78, 5) is 4.08. The largest absolute Gasteiger partial charge is 0.491 e. The van der Waals surface area contributed by atoms with Crippen molar-refractivity contribution in [3.05, 3.63) is 30.6 Å². The van der Waals surface area contributed by atoms with Gasteiger partial charge in [-0.15, -0.1) is 0 Å². The van der Waals surface area contributed by atoms with E-state index >= 15 is 0 Å². The van der Waals surface area contributed by atoms with Gasteiger partial charge in [0, 0.05) is 49.2 Å². The predicted octanol–water partition coefficient (Wildman–Crippen LogP) is 2.25. The number of anilines is 1. The van der Waals surface area contributed by atoms with Crippen LogP contribution in [-0.2, 0) is 9.47 Å². The molecule has 2 N–H and O–H groups in total. The molecule has 1 heterocycles. The number of nitrogens with two attached hydrogens (primary N) is 1. The third-order valence-electron chi connectivity index (χ3n) is 2.93. The molecule has 0 spiro atoms. The monoisotopic (exact) mass is 276 g/mol. The molecule has 0 atom stereocenters. The summed E-state index contributed by atoms with van der Waals surface area (Å²) in [7, 11) is 1.68. The summed E-state index contributed by atoms with van der Waals surface area (Å²) in [6, 6.07) is 5.61. The predicted molar refractivity (Wildman–Crippen MR) is 79.0 cm³/mol. The molecule has 1 aromatic heterocycles. The molecule has 2 rings (SSSR count). The fraction of sp³-hybridized carbons (Fsp3) is 0.400. The lowest BCUT2D eigenvalue weighted by atomic mass is 10.1. The number of nitrogens with zero attached hydrogens (tertiary/aromatic N) is 1. The number of benzene rings is 1. The molecule has 1 aromatic carbocycles. The van der Waals surface area contributed by atoms with Crippen molar-refractivity contribution in [2.24, 2.45) is 0 Å². The SMILES string of the molecule is COCCCOCCOc1ccc(N)c2cnccc12. The topological polar surface area (TPSA) is 66.6 Å². The van der Waals surface area contributed by atoms with E-state index in [1.807, 2.05) is 18.2 Å². The minimum atomic E-state index is 0.508. The zero-order valence-electron chi connectivity index (χ0n) is 11.7. The van der Waals surface area contributed by atoms with E-state index in [0.29, 0.717) is 25.5 Å². The van der Waals surface area contributed by atoms with E-state index in [2.05, 4.69) is 4.98 Å². The molecule has 5 nitrogen and oxygen atoms in total. The van der Waals surface area contributed by atoms with Crippen LogP contribution in [-0.4, -0.2) is 38.5 Å². The number of rotatable bonds is 8. The summed E-state index contributed by atoms with van der Waals surface area (Å²) < 4.78 is 16.1. The van der Waals surface area contributed by atoms with Crippen molar-refractivity contribution in [1.29, 1.82) is 0 Å². The smallest absolute Gasteiger partial charge is 0.127 e. The van der Waals surface area contributed by atoms with Crippen molar-refractivity contribution in [3.63, 3.8) is 0 Å². The number of nitrogen functional groups attached to an aromatic ring is 1. The molecular formula is C15H20N2O3. The average molecular weight is 276 g/mol. The molecule has 0 aliphatic rings. The van der Waals surface area contributed by atoms with Crippen LogP contribution in [0.5, 0.6) is 5.75 Å². The Hall–Kier alpha value is -1.85. The Morgan fingerprint density at radius 1 is 1.05 bits per heavy atom. The van der Waals surface area contributed by atoms with Crippen molar-refractivity contribution < 1.29 is 14.2 Å². The third kappa shape index (κ3) is 3.82. The van der Waals surface area contributed by atoms with Gasteiger partial charge in [0.15, 0.2) is 0 Å². The zero-order chi connectivity index (χ0) is 14.2. The van der Waals surface area contributed by atoms with Gasteiger partial charge in [-0.3, -0.25) is 4.98 Å². The van der Waals surface area contributed by atoms with E-state index in [1.54, 1.807) is 19.5 Å². The highest BCUT2D eigenvalue weighted by atomic mass is 16.5. The van der Waals surface area contributed by atoms with Crippen LogP contribution in [0.1, 0.15) is 6.42 Å². The molecule has 0 amide bonds. The standard InChI is InChI=1S/C15H20N2O3/c1-18-7-2-8-19-9-10-20-15-4-3-14(16)13-11-17-6-5-12(13)15/h3-6,11H,2,7-10,16H2,1H3. The number of ether oxygens (including phenoxy) is 3. The molecule has 0 aliphatic carbocycles. The quantitative estimate of drug-likeness (QED) is 0.591. The lowest BCUT2D eigenvalue weighted by molar-refractivity contribution is 0.0810. The molecule has 0 radical (unpaired) electrons. The number of hydrogen-bond acceptors (Lipinski definition) is 5. The van der Waals surface area contributed by atoms with Crippen molar-refractivity contribution in [2.45, 2.75) is 6.42 Å². The first-order valence-corrected chi connectivity index (χ1v) is 6.64. The van der Waals surface area contributed by atoms with E-state index in [1.165, 1.54) is 0 Å². The normalized spacial score (nSPS) is 10.8. The van der Waals surface area contributed by atoms with E-state index < -0.39 is 0 Å². The van der Waals surface area contributed by atoms with Crippen LogP contribution < -0.4 is 10.5 Å². The molecule has 0 unspecified atom stereocenters. The Morgan fingerprint density at radius 3 is 2.80 bits per heavy atom. The number of pyridine rings is 1. The molecule has 0 bridgehead atoms. The van der Waals surface area contributed by atoms with E-state index in [0.717, 1.165) is 29.5 Å². The highest BCUT2D eigenvalue weighted by Crippen LogP contribution is 2.29. The number of fused-ring (bicyclic) bond motifs is 1. The molecule has 20 heavy (non-hydrogen) atoms. The molecule has 0 saturated heterocycles. The first-order valence-electron chi connectivity index (χ1n) is 6.64. The van der Waals surface area contributed by atoms with Crippen LogP contribution in [0.2, 0.25) is 0 Å². The van der Waals surface area contributed by atoms with Crippen LogP contribution >= 0.6 is 0 Å². The molecule has 2 aromatic rings. The van der Waals surface area contributed by atoms with Crippen LogP contribution in [0, 0.1) is 0 Å². The fourth-order valence-corrected chi connectivity index (χ4v) is 1.93. The summed E-state index contributed by atoms with van der Waals surface area (Å²) in [5.41, 5.74) is 6.62. The van der Waals surface area contributed by atoms with Crippen LogP contribution in [0.25, 0.3) is 10.8 Å². The number of aromatic nitrogens is 1. The molecule has 0 fully saturated rings. The fourth-order valence-electron chi connectivity index (χ4n) is 1.93. The van der Waals surface area contributed by atoms with Gasteiger partial charge in [0.2, 0.25) is 0 Å². The van der Waals surface area contributed by atoms with Crippen LogP contribution in [0.4, 0.5) is 5.69 Å². The molecule has 5 heteroatoms. The van der Waals surface area contributed by atoms with Crippen LogP contribution in [0.3, 0.4) is 0 Å². The minimum absolute atomic E-state index is 0.508. The summed E-state index contributed by atoms with van der Waals surface area (Å²) in [6.45, 7) is 2.47. The highest BCUT2D eigenvalue weighted by molar-refractivity contribution is 5.96. The second-order valence-electron chi connectivity index (χ2n) is 4.38. The van der Waals surface area contributed by atoms with E-state index in [-0.39, 0.29) is 0 Å². The minimum Gasteiger partial charge on any atom is -0.491 e. The Labute approximate surface area is 118 Å². The maximum absolute atomic E-state index is 5.92.